The third-order valence-corrected chi connectivity index (χ3v) is 2.49. The molecule has 0 aliphatic carbocycles. The van der Waals surface area contributed by atoms with Crippen molar-refractivity contribution in [1.29, 1.82) is 0 Å². The molecule has 0 aliphatic rings. The van der Waals surface area contributed by atoms with Gasteiger partial charge in [-0.05, 0) is 35.9 Å². The van der Waals surface area contributed by atoms with Crippen molar-refractivity contribution in [3.05, 3.63) is 60.4 Å². The maximum absolute atomic E-state index is 11.7. The Kier molecular flexibility index (Phi) is 4.29. The highest BCUT2D eigenvalue weighted by atomic mass is 16.5. The van der Waals surface area contributed by atoms with Crippen molar-refractivity contribution in [1.82, 2.24) is 4.98 Å². The molecule has 0 saturated carbocycles. The Labute approximate surface area is 111 Å². The predicted octanol–water partition coefficient (Wildman–Crippen LogP) is 2.74. The summed E-state index contributed by atoms with van der Waals surface area (Å²) in [4.78, 5) is 15.5. The second kappa shape index (κ2) is 6.35. The van der Waals surface area contributed by atoms with Crippen LogP contribution in [0.4, 0.5) is 5.69 Å². The molecule has 4 heteroatoms. The number of methoxy groups -OCH3 is 1. The summed E-state index contributed by atoms with van der Waals surface area (Å²) >= 11 is 0. The van der Waals surface area contributed by atoms with Gasteiger partial charge in [-0.25, -0.2) is 0 Å². The minimum absolute atomic E-state index is 0.179. The Morgan fingerprint density at radius 1 is 1.16 bits per heavy atom. The number of carbonyl (C=O) groups is 1. The van der Waals surface area contributed by atoms with Gasteiger partial charge in [0.05, 0.1) is 7.11 Å². The molecule has 2 rings (SSSR count). The van der Waals surface area contributed by atoms with Gasteiger partial charge in [-0.3, -0.25) is 9.78 Å². The van der Waals surface area contributed by atoms with Gasteiger partial charge in [0.25, 0.3) is 0 Å². The molecule has 0 aliphatic heterocycles. The molecule has 0 spiro atoms. The number of hydrogen-bond acceptors (Lipinski definition) is 3. The van der Waals surface area contributed by atoms with Crippen LogP contribution in [0, 0.1) is 0 Å². The maximum atomic E-state index is 11.7. The van der Waals surface area contributed by atoms with Gasteiger partial charge in [0.15, 0.2) is 0 Å². The van der Waals surface area contributed by atoms with Crippen molar-refractivity contribution in [2.24, 2.45) is 0 Å². The zero-order valence-electron chi connectivity index (χ0n) is 10.5. The molecule has 1 amide bonds. The summed E-state index contributed by atoms with van der Waals surface area (Å²) in [6, 6.07) is 10.9. The normalized spacial score (nSPS) is 10.4. The molecule has 0 bridgehead atoms. The number of ether oxygens (including phenoxy) is 1. The predicted molar refractivity (Wildman–Crippen MR) is 74.9 cm³/mol. The van der Waals surface area contributed by atoms with Gasteiger partial charge in [0.2, 0.25) is 5.91 Å². The number of anilines is 1. The minimum Gasteiger partial charge on any atom is -0.497 e. The van der Waals surface area contributed by atoms with E-state index in [-0.39, 0.29) is 5.91 Å². The standard InChI is InChI=1S/C15H14N2O2/c1-19-14-5-2-12(3-6-14)4-7-15(18)17-13-8-10-16-11-9-13/h2-11H,1H3,(H,16,17,18)/b7-4+. The largest absolute Gasteiger partial charge is 0.497 e. The van der Waals surface area contributed by atoms with Crippen LogP contribution in [-0.4, -0.2) is 18.0 Å². The lowest BCUT2D eigenvalue weighted by Crippen LogP contribution is -2.07. The SMILES string of the molecule is COc1ccc(/C=C/C(=O)Nc2ccncc2)cc1. The lowest BCUT2D eigenvalue weighted by atomic mass is 10.2. The van der Waals surface area contributed by atoms with Crippen LogP contribution in [0.2, 0.25) is 0 Å². The fourth-order valence-corrected chi connectivity index (χ4v) is 1.51. The molecule has 0 radical (unpaired) electrons. The van der Waals surface area contributed by atoms with Crippen LogP contribution >= 0.6 is 0 Å². The molecule has 1 N–H and O–H groups in total. The van der Waals surface area contributed by atoms with Gasteiger partial charge in [-0.1, -0.05) is 12.1 Å². The number of carbonyl (C=O) groups excluding carboxylic acids is 1. The van der Waals surface area contributed by atoms with Crippen LogP contribution < -0.4 is 10.1 Å². The summed E-state index contributed by atoms with van der Waals surface area (Å²) in [6.07, 6.45) is 6.49. The summed E-state index contributed by atoms with van der Waals surface area (Å²) in [5.41, 5.74) is 1.66. The fourth-order valence-electron chi connectivity index (χ4n) is 1.51. The van der Waals surface area contributed by atoms with E-state index in [0.717, 1.165) is 17.0 Å². The molecule has 1 aromatic heterocycles. The van der Waals surface area contributed by atoms with Gasteiger partial charge in [-0.15, -0.1) is 0 Å². The van der Waals surface area contributed by atoms with Crippen LogP contribution in [0.3, 0.4) is 0 Å². The first-order valence-electron chi connectivity index (χ1n) is 5.81. The summed E-state index contributed by atoms with van der Waals surface area (Å²) in [6.45, 7) is 0. The monoisotopic (exact) mass is 254 g/mol. The zero-order valence-corrected chi connectivity index (χ0v) is 10.5. The van der Waals surface area contributed by atoms with Crippen molar-refractivity contribution >= 4 is 17.7 Å². The molecule has 0 saturated heterocycles. The van der Waals surface area contributed by atoms with Crippen LogP contribution in [0.15, 0.2) is 54.9 Å². The van der Waals surface area contributed by atoms with E-state index in [0.29, 0.717) is 0 Å². The van der Waals surface area contributed by atoms with Gasteiger partial charge in [-0.2, -0.15) is 0 Å². The van der Waals surface area contributed by atoms with Crippen LogP contribution in [0.5, 0.6) is 5.75 Å². The highest BCUT2D eigenvalue weighted by Gasteiger charge is 1.97. The number of nitrogens with zero attached hydrogens (tertiary/aromatic N) is 1. The molecule has 96 valence electrons. The molecule has 19 heavy (non-hydrogen) atoms. The lowest BCUT2D eigenvalue weighted by molar-refractivity contribution is -0.111. The third kappa shape index (κ3) is 3.96. The Balaban J connectivity index is 1.96. The first-order valence-corrected chi connectivity index (χ1v) is 5.81. The Bertz CT molecular complexity index is 562. The van der Waals surface area contributed by atoms with Gasteiger partial charge in [0.1, 0.15) is 5.75 Å². The second-order valence-corrected chi connectivity index (χ2v) is 3.83. The fraction of sp³-hybridized carbons (Fsp3) is 0.0667. The smallest absolute Gasteiger partial charge is 0.248 e. The Morgan fingerprint density at radius 3 is 2.47 bits per heavy atom. The first-order chi connectivity index (χ1) is 9.28. The maximum Gasteiger partial charge on any atom is 0.248 e. The van der Waals surface area contributed by atoms with Crippen LogP contribution in [0.1, 0.15) is 5.56 Å². The minimum atomic E-state index is -0.179. The first kappa shape index (κ1) is 12.8. The van der Waals surface area contributed by atoms with E-state index < -0.39 is 0 Å². The molecule has 4 nitrogen and oxygen atoms in total. The number of nitrogens with one attached hydrogen (secondary N) is 1. The molecule has 2 aromatic rings. The second-order valence-electron chi connectivity index (χ2n) is 3.83. The number of benzene rings is 1. The van der Waals surface area contributed by atoms with E-state index in [1.807, 2.05) is 24.3 Å². The van der Waals surface area contributed by atoms with Crippen molar-refractivity contribution in [2.45, 2.75) is 0 Å². The number of pyridine rings is 1. The lowest BCUT2D eigenvalue weighted by Gasteiger charge is -2.01. The number of aromatic nitrogens is 1. The van der Waals surface area contributed by atoms with Crippen molar-refractivity contribution in [3.63, 3.8) is 0 Å². The molecular formula is C15H14N2O2. The van der Waals surface area contributed by atoms with E-state index in [4.69, 9.17) is 4.74 Å². The number of hydrogen-bond donors (Lipinski definition) is 1. The van der Waals surface area contributed by atoms with Crippen LogP contribution in [-0.2, 0) is 4.79 Å². The summed E-state index contributed by atoms with van der Waals surface area (Å²) in [5.74, 6) is 0.611. The number of rotatable bonds is 4. The molecule has 0 fully saturated rings. The van der Waals surface area contributed by atoms with Crippen molar-refractivity contribution in [3.8, 4) is 5.75 Å². The highest BCUT2D eigenvalue weighted by Crippen LogP contribution is 2.12. The van der Waals surface area contributed by atoms with E-state index in [1.165, 1.54) is 6.08 Å². The van der Waals surface area contributed by atoms with Crippen molar-refractivity contribution in [2.75, 3.05) is 12.4 Å². The average molecular weight is 254 g/mol. The van der Waals surface area contributed by atoms with Gasteiger partial charge in [0, 0.05) is 24.2 Å². The van der Waals surface area contributed by atoms with E-state index in [9.17, 15) is 4.79 Å². The molecule has 1 aromatic carbocycles. The molecule has 0 unspecified atom stereocenters. The molecule has 1 heterocycles. The summed E-state index contributed by atoms with van der Waals surface area (Å²) < 4.78 is 5.06. The summed E-state index contributed by atoms with van der Waals surface area (Å²) in [5, 5.41) is 2.74. The summed E-state index contributed by atoms with van der Waals surface area (Å²) in [7, 11) is 1.62. The zero-order chi connectivity index (χ0) is 13.5. The Morgan fingerprint density at radius 2 is 1.84 bits per heavy atom. The highest BCUT2D eigenvalue weighted by molar-refractivity contribution is 6.01. The van der Waals surface area contributed by atoms with Gasteiger partial charge < -0.3 is 10.1 Å². The average Bonchev–Trinajstić information content (AvgIpc) is 2.47. The topological polar surface area (TPSA) is 51.2 Å². The van der Waals surface area contributed by atoms with E-state index >= 15 is 0 Å². The number of amides is 1. The third-order valence-electron chi connectivity index (χ3n) is 2.49. The molecular weight excluding hydrogens is 240 g/mol. The van der Waals surface area contributed by atoms with Crippen molar-refractivity contribution < 1.29 is 9.53 Å². The van der Waals surface area contributed by atoms with Gasteiger partial charge >= 0.3 is 0 Å². The molecule has 0 atom stereocenters. The quantitative estimate of drug-likeness (QED) is 0.853. The van der Waals surface area contributed by atoms with E-state index in [2.05, 4.69) is 10.3 Å². The van der Waals surface area contributed by atoms with E-state index in [1.54, 1.807) is 37.7 Å². The Hall–Kier alpha value is -2.62. The van der Waals surface area contributed by atoms with Crippen LogP contribution in [0.25, 0.3) is 6.08 Å².